The van der Waals surface area contributed by atoms with Gasteiger partial charge in [0.25, 0.3) is 0 Å². The molecule has 160 valence electrons. The average Bonchev–Trinajstić information content (AvgIpc) is 3.17. The fourth-order valence-electron chi connectivity index (χ4n) is 3.46. The first-order valence-corrected chi connectivity index (χ1v) is 11.6. The van der Waals surface area contributed by atoms with Gasteiger partial charge in [0.05, 0.1) is 4.75 Å². The summed E-state index contributed by atoms with van der Waals surface area (Å²) in [5, 5.41) is 3.00. The summed E-state index contributed by atoms with van der Waals surface area (Å²) in [4.78, 5) is 16.7. The van der Waals surface area contributed by atoms with E-state index in [1.807, 2.05) is 19.1 Å². The molecule has 1 fully saturated rings. The summed E-state index contributed by atoms with van der Waals surface area (Å²) in [6.45, 7) is 9.94. The number of rotatable bonds is 4. The number of sulfonamides is 1. The van der Waals surface area contributed by atoms with Gasteiger partial charge in [0.1, 0.15) is 0 Å². The lowest BCUT2D eigenvalue weighted by Gasteiger charge is -2.34. The normalized spacial score (nSPS) is 18.3. The molecule has 3 rings (SSSR count). The summed E-state index contributed by atoms with van der Waals surface area (Å²) in [5.41, 5.74) is 2.98. The molecule has 0 atom stereocenters. The molecule has 7 nitrogen and oxygen atoms in total. The molecule has 0 aliphatic carbocycles. The number of nitrogens with one attached hydrogen (secondary N) is 2. The van der Waals surface area contributed by atoms with Crippen molar-refractivity contribution in [1.29, 1.82) is 0 Å². The Morgan fingerprint density at radius 2 is 1.72 bits per heavy atom. The van der Waals surface area contributed by atoms with E-state index in [-0.39, 0.29) is 12.1 Å². The van der Waals surface area contributed by atoms with Crippen molar-refractivity contribution in [3.8, 4) is 0 Å². The molecule has 2 aliphatic heterocycles. The minimum atomic E-state index is -3.38. The number of anilines is 2. The number of urea groups is 1. The number of nitrogens with zero attached hydrogens (tertiary/aromatic N) is 2. The maximum Gasteiger partial charge on any atom is 0.321 e. The molecule has 0 spiro atoms. The predicted octanol–water partition coefficient (Wildman–Crippen LogP) is 3.09. The topological polar surface area (TPSA) is 81.8 Å². The molecule has 0 saturated carbocycles. The Balaban J connectivity index is 1.53. The van der Waals surface area contributed by atoms with Crippen molar-refractivity contribution < 1.29 is 13.2 Å². The Bertz CT molecular complexity index is 874. The van der Waals surface area contributed by atoms with Crippen LogP contribution in [0.4, 0.5) is 16.2 Å². The molecular weight excluding hydrogens is 388 g/mol. The highest BCUT2D eigenvalue weighted by Gasteiger charge is 2.33. The van der Waals surface area contributed by atoms with Crippen LogP contribution in [0.25, 0.3) is 0 Å². The van der Waals surface area contributed by atoms with Gasteiger partial charge in [-0.05, 0) is 64.3 Å². The van der Waals surface area contributed by atoms with E-state index in [1.165, 1.54) is 0 Å². The summed E-state index contributed by atoms with van der Waals surface area (Å²) in [6, 6.07) is 5.81. The van der Waals surface area contributed by atoms with Gasteiger partial charge in [-0.2, -0.15) is 0 Å². The Morgan fingerprint density at radius 1 is 1.10 bits per heavy atom. The van der Waals surface area contributed by atoms with Gasteiger partial charge in [0, 0.05) is 43.6 Å². The molecule has 2 amide bonds. The van der Waals surface area contributed by atoms with Crippen molar-refractivity contribution in [2.24, 2.45) is 0 Å². The van der Waals surface area contributed by atoms with Crippen molar-refractivity contribution in [1.82, 2.24) is 9.62 Å². The van der Waals surface area contributed by atoms with E-state index in [0.717, 1.165) is 30.0 Å². The average molecular weight is 421 g/mol. The molecular formula is C21H32N4O3S. The fraction of sp³-hybridized carbons (Fsp3) is 0.571. The molecule has 1 aromatic carbocycles. The van der Waals surface area contributed by atoms with Gasteiger partial charge in [-0.15, -0.1) is 0 Å². The third-order valence-electron chi connectivity index (χ3n) is 5.55. The van der Waals surface area contributed by atoms with Gasteiger partial charge in [-0.25, -0.2) is 17.9 Å². The van der Waals surface area contributed by atoms with Crippen LogP contribution in [0.3, 0.4) is 0 Å². The molecule has 29 heavy (non-hydrogen) atoms. The number of aryl methyl sites for hydroxylation is 1. The van der Waals surface area contributed by atoms with Crippen molar-refractivity contribution in [2.45, 2.75) is 51.3 Å². The van der Waals surface area contributed by atoms with Gasteiger partial charge >= 0.3 is 6.03 Å². The Labute approximate surface area is 174 Å². The summed E-state index contributed by atoms with van der Waals surface area (Å²) in [7, 11) is -3.38. The van der Waals surface area contributed by atoms with Crippen LogP contribution in [0.15, 0.2) is 30.4 Å². The quantitative estimate of drug-likeness (QED) is 0.734. The maximum atomic E-state index is 12.7. The first-order valence-electron chi connectivity index (χ1n) is 10.2. The number of carbonyl (C=O) groups excluding carboxylic acids is 1. The molecule has 0 radical (unpaired) electrons. The second kappa shape index (κ2) is 8.36. The van der Waals surface area contributed by atoms with Crippen LogP contribution in [0.5, 0.6) is 0 Å². The van der Waals surface area contributed by atoms with Crippen molar-refractivity contribution in [3.63, 3.8) is 0 Å². The lowest BCUT2D eigenvalue weighted by molar-refractivity contribution is 0.193. The Morgan fingerprint density at radius 3 is 2.28 bits per heavy atom. The van der Waals surface area contributed by atoms with E-state index in [2.05, 4.69) is 33.2 Å². The molecule has 2 N–H and O–H groups in total. The highest BCUT2D eigenvalue weighted by Crippen LogP contribution is 2.25. The Hall–Kier alpha value is -2.06. The molecule has 0 aromatic heterocycles. The lowest BCUT2D eigenvalue weighted by atomic mass is 10.1. The van der Waals surface area contributed by atoms with E-state index >= 15 is 0 Å². The van der Waals surface area contributed by atoms with E-state index in [4.69, 9.17) is 0 Å². The van der Waals surface area contributed by atoms with Crippen LogP contribution < -0.4 is 14.9 Å². The number of carbonyl (C=O) groups is 1. The standard InChI is InChI=1S/C21H32N4O3S/c1-16-15-18(24-11-5-6-12-24)7-8-19(16)22-20(26)25-13-9-17(10-14-25)23-29(27,28)21(2,3)4/h5-8,15,17,23H,9-14H2,1-4H3,(H,22,26). The van der Waals surface area contributed by atoms with Gasteiger partial charge in [0.15, 0.2) is 0 Å². The number of piperidine rings is 1. The van der Waals surface area contributed by atoms with Gasteiger partial charge in [-0.1, -0.05) is 12.2 Å². The molecule has 0 bridgehead atoms. The molecule has 0 unspecified atom stereocenters. The second-order valence-corrected chi connectivity index (χ2v) is 11.3. The zero-order valence-electron chi connectivity index (χ0n) is 17.7. The Kier molecular flexibility index (Phi) is 6.24. The first-order chi connectivity index (χ1) is 13.6. The smallest absolute Gasteiger partial charge is 0.321 e. The summed E-state index contributed by atoms with van der Waals surface area (Å²) in [6.07, 6.45) is 5.53. The molecule has 1 saturated heterocycles. The van der Waals surface area contributed by atoms with Crippen LogP contribution in [-0.2, 0) is 10.0 Å². The summed E-state index contributed by atoms with van der Waals surface area (Å²) < 4.78 is 26.6. The van der Waals surface area contributed by atoms with Crippen LogP contribution in [0.2, 0.25) is 0 Å². The van der Waals surface area contributed by atoms with Crippen molar-refractivity contribution in [3.05, 3.63) is 35.9 Å². The number of likely N-dealkylation sites (tertiary alicyclic amines) is 1. The highest BCUT2D eigenvalue weighted by molar-refractivity contribution is 7.90. The molecule has 1 aromatic rings. The monoisotopic (exact) mass is 420 g/mol. The van der Waals surface area contributed by atoms with Crippen molar-refractivity contribution >= 4 is 27.4 Å². The second-order valence-electron chi connectivity index (χ2n) is 8.80. The minimum Gasteiger partial charge on any atom is -0.364 e. The van der Waals surface area contributed by atoms with Crippen LogP contribution in [0, 0.1) is 6.92 Å². The van der Waals surface area contributed by atoms with Gasteiger partial charge in [-0.3, -0.25) is 0 Å². The third kappa shape index (κ3) is 5.11. The zero-order chi connectivity index (χ0) is 21.2. The van der Waals surface area contributed by atoms with Crippen molar-refractivity contribution in [2.75, 3.05) is 36.4 Å². The van der Waals surface area contributed by atoms with Crippen LogP contribution >= 0.6 is 0 Å². The number of hydrogen-bond donors (Lipinski definition) is 2. The number of benzene rings is 1. The van der Waals surface area contributed by atoms with E-state index in [1.54, 1.807) is 25.7 Å². The fourth-order valence-corrected chi connectivity index (χ4v) is 4.49. The minimum absolute atomic E-state index is 0.127. The number of amides is 2. The summed E-state index contributed by atoms with van der Waals surface area (Å²) >= 11 is 0. The predicted molar refractivity (Wildman–Crippen MR) is 118 cm³/mol. The van der Waals surface area contributed by atoms with E-state index < -0.39 is 14.8 Å². The summed E-state index contributed by atoms with van der Waals surface area (Å²) in [5.74, 6) is 0. The first kappa shape index (κ1) is 21.6. The SMILES string of the molecule is Cc1cc(N2CC=CC2)ccc1NC(=O)N1CCC(NS(=O)(=O)C(C)(C)C)CC1. The molecule has 8 heteroatoms. The van der Waals surface area contributed by atoms with Crippen LogP contribution in [0.1, 0.15) is 39.2 Å². The van der Waals surface area contributed by atoms with Crippen LogP contribution in [-0.4, -0.2) is 56.3 Å². The van der Waals surface area contributed by atoms with E-state index in [0.29, 0.717) is 25.9 Å². The van der Waals surface area contributed by atoms with Gasteiger partial charge in [0.2, 0.25) is 10.0 Å². The third-order valence-corrected chi connectivity index (χ3v) is 7.80. The van der Waals surface area contributed by atoms with E-state index in [9.17, 15) is 13.2 Å². The number of hydrogen-bond acceptors (Lipinski definition) is 4. The lowest BCUT2D eigenvalue weighted by Crippen LogP contribution is -2.50. The molecule has 2 heterocycles. The highest BCUT2D eigenvalue weighted by atomic mass is 32.2. The molecule has 2 aliphatic rings. The zero-order valence-corrected chi connectivity index (χ0v) is 18.6. The maximum absolute atomic E-state index is 12.7. The van der Waals surface area contributed by atoms with Gasteiger partial charge < -0.3 is 15.1 Å². The largest absolute Gasteiger partial charge is 0.364 e.